The fourth-order valence-electron chi connectivity index (χ4n) is 2.31. The molecule has 3 nitrogen and oxygen atoms in total. The van der Waals surface area contributed by atoms with E-state index in [4.69, 9.17) is 5.73 Å². The average Bonchev–Trinajstić information content (AvgIpc) is 2.65. The van der Waals surface area contributed by atoms with Crippen LogP contribution in [0.3, 0.4) is 0 Å². The van der Waals surface area contributed by atoms with E-state index < -0.39 is 0 Å². The van der Waals surface area contributed by atoms with Crippen LogP contribution in [-0.2, 0) is 0 Å². The zero-order valence-electron chi connectivity index (χ0n) is 9.39. The third-order valence-electron chi connectivity index (χ3n) is 3.18. The summed E-state index contributed by atoms with van der Waals surface area (Å²) >= 11 is 0. The van der Waals surface area contributed by atoms with E-state index in [0.717, 1.165) is 28.1 Å². The maximum absolute atomic E-state index is 5.93. The first-order valence-corrected chi connectivity index (χ1v) is 5.37. The molecule has 0 amide bonds. The first-order chi connectivity index (χ1) is 7.68. The minimum Gasteiger partial charge on any atom is -0.354 e. The summed E-state index contributed by atoms with van der Waals surface area (Å²) in [7, 11) is 0. The molecule has 3 heteroatoms. The third kappa shape index (κ3) is 1.05. The second kappa shape index (κ2) is 2.98. The molecule has 0 spiro atoms. The van der Waals surface area contributed by atoms with E-state index in [2.05, 4.69) is 35.1 Å². The van der Waals surface area contributed by atoms with Crippen molar-refractivity contribution in [3.05, 3.63) is 35.5 Å². The van der Waals surface area contributed by atoms with E-state index in [1.165, 1.54) is 10.8 Å². The summed E-state index contributed by atoms with van der Waals surface area (Å²) in [6.07, 6.45) is 0. The van der Waals surface area contributed by atoms with Gasteiger partial charge in [-0.25, -0.2) is 4.98 Å². The molecule has 0 saturated heterocycles. The molecule has 2 heterocycles. The lowest BCUT2D eigenvalue weighted by atomic mass is 10.1. The van der Waals surface area contributed by atoms with E-state index >= 15 is 0 Å². The number of H-pyrrole nitrogens is 2. The van der Waals surface area contributed by atoms with Crippen molar-refractivity contribution in [3.63, 3.8) is 0 Å². The highest BCUT2D eigenvalue weighted by molar-refractivity contribution is 6.09. The van der Waals surface area contributed by atoms with Crippen LogP contribution in [0.15, 0.2) is 24.3 Å². The summed E-state index contributed by atoms with van der Waals surface area (Å²) in [6.45, 7) is 4.08. The van der Waals surface area contributed by atoms with Gasteiger partial charge < -0.3 is 4.98 Å². The number of hydrogen-bond donors (Lipinski definition) is 2. The number of benzene rings is 1. The van der Waals surface area contributed by atoms with E-state index in [-0.39, 0.29) is 0 Å². The van der Waals surface area contributed by atoms with Crippen molar-refractivity contribution in [1.82, 2.24) is 4.98 Å². The molecular formula is C13H14N3+. The van der Waals surface area contributed by atoms with Crippen LogP contribution in [0.1, 0.15) is 11.3 Å². The molecule has 4 N–H and O–H groups in total. The summed E-state index contributed by atoms with van der Waals surface area (Å²) < 4.78 is 0. The lowest BCUT2D eigenvalue weighted by Gasteiger charge is -1.99. The number of nitrogens with two attached hydrogens (primary N) is 1. The van der Waals surface area contributed by atoms with Crippen LogP contribution in [0.25, 0.3) is 21.8 Å². The SMILES string of the molecule is Cc1c(N)[nH+]c(C)c2c1[nH]c1ccccc12. The smallest absolute Gasteiger partial charge is 0.275 e. The quantitative estimate of drug-likeness (QED) is 0.590. The molecule has 0 fully saturated rings. The molecule has 0 radical (unpaired) electrons. The topological polar surface area (TPSA) is 55.9 Å². The molecule has 1 aromatic carbocycles. The van der Waals surface area contributed by atoms with Crippen molar-refractivity contribution >= 4 is 27.6 Å². The number of nitrogens with one attached hydrogen (secondary N) is 2. The third-order valence-corrected chi connectivity index (χ3v) is 3.18. The van der Waals surface area contributed by atoms with Gasteiger partial charge in [0.15, 0.2) is 0 Å². The van der Waals surface area contributed by atoms with E-state index in [1.807, 2.05) is 13.0 Å². The number of aromatic nitrogens is 2. The number of anilines is 1. The van der Waals surface area contributed by atoms with Gasteiger partial charge in [0.25, 0.3) is 5.82 Å². The molecule has 0 atom stereocenters. The Kier molecular flexibility index (Phi) is 1.72. The lowest BCUT2D eigenvalue weighted by molar-refractivity contribution is -0.368. The monoisotopic (exact) mass is 212 g/mol. The molecule has 2 aromatic heterocycles. The largest absolute Gasteiger partial charge is 0.354 e. The Bertz CT molecular complexity index is 695. The van der Waals surface area contributed by atoms with E-state index in [9.17, 15) is 0 Å². The number of fused-ring (bicyclic) bond motifs is 3. The highest BCUT2D eigenvalue weighted by Gasteiger charge is 2.14. The molecule has 80 valence electrons. The van der Waals surface area contributed by atoms with Crippen LogP contribution in [-0.4, -0.2) is 4.98 Å². The number of aryl methyl sites for hydroxylation is 2. The van der Waals surface area contributed by atoms with Gasteiger partial charge in [-0.2, -0.15) is 0 Å². The highest BCUT2D eigenvalue weighted by atomic mass is 14.9. The number of para-hydroxylation sites is 1. The predicted octanol–water partition coefficient (Wildman–Crippen LogP) is 2.33. The van der Waals surface area contributed by atoms with Crippen molar-refractivity contribution < 1.29 is 4.98 Å². The number of hydrogen-bond acceptors (Lipinski definition) is 1. The van der Waals surface area contributed by atoms with Gasteiger partial charge in [-0.15, -0.1) is 0 Å². The Hall–Kier alpha value is -2.03. The van der Waals surface area contributed by atoms with Gasteiger partial charge in [0.2, 0.25) is 0 Å². The van der Waals surface area contributed by atoms with Crippen molar-refractivity contribution in [2.24, 2.45) is 0 Å². The number of pyridine rings is 1. The molecule has 0 unspecified atom stereocenters. The number of rotatable bonds is 0. The van der Waals surface area contributed by atoms with Gasteiger partial charge >= 0.3 is 0 Å². The van der Waals surface area contributed by atoms with Gasteiger partial charge in [0.05, 0.1) is 11.1 Å². The normalized spacial score (nSPS) is 11.4. The van der Waals surface area contributed by atoms with Gasteiger partial charge in [-0.3, -0.25) is 5.73 Å². The summed E-state index contributed by atoms with van der Waals surface area (Å²) in [5, 5.41) is 2.48. The Labute approximate surface area is 93.3 Å². The van der Waals surface area contributed by atoms with E-state index in [0.29, 0.717) is 0 Å². The van der Waals surface area contributed by atoms with Crippen molar-refractivity contribution in [1.29, 1.82) is 0 Å². The minimum atomic E-state index is 0.733. The number of nitrogen functional groups attached to an aromatic ring is 1. The van der Waals surface area contributed by atoms with Gasteiger partial charge in [0.1, 0.15) is 5.69 Å². The van der Waals surface area contributed by atoms with Crippen LogP contribution in [0.2, 0.25) is 0 Å². The Morgan fingerprint density at radius 1 is 1.19 bits per heavy atom. The summed E-state index contributed by atoms with van der Waals surface area (Å²) in [4.78, 5) is 6.65. The molecular weight excluding hydrogens is 198 g/mol. The first kappa shape index (κ1) is 9.21. The maximum Gasteiger partial charge on any atom is 0.275 e. The summed E-state index contributed by atoms with van der Waals surface area (Å²) in [6, 6.07) is 8.31. The van der Waals surface area contributed by atoms with Crippen LogP contribution < -0.4 is 10.7 Å². The Balaban J connectivity index is 2.64. The zero-order chi connectivity index (χ0) is 11.3. The summed E-state index contributed by atoms with van der Waals surface area (Å²) in [5.41, 5.74) is 10.4. The molecule has 3 rings (SSSR count). The van der Waals surface area contributed by atoms with Crippen LogP contribution in [0.4, 0.5) is 5.82 Å². The van der Waals surface area contributed by atoms with Crippen LogP contribution in [0.5, 0.6) is 0 Å². The van der Waals surface area contributed by atoms with Gasteiger partial charge in [-0.1, -0.05) is 18.2 Å². The fourth-order valence-corrected chi connectivity index (χ4v) is 2.31. The highest BCUT2D eigenvalue weighted by Crippen LogP contribution is 2.29. The average molecular weight is 212 g/mol. The molecule has 3 aromatic rings. The molecule has 0 aliphatic rings. The number of aromatic amines is 2. The van der Waals surface area contributed by atoms with Crippen LogP contribution in [0, 0.1) is 13.8 Å². The minimum absolute atomic E-state index is 0.733. The standard InChI is InChI=1S/C13H13N3/c1-7-12-11(8(2)15-13(7)14)9-5-3-4-6-10(9)16-12/h3-6,16H,1-2H3,(H2,14,15)/p+1. The second-order valence-electron chi connectivity index (χ2n) is 4.21. The summed E-state index contributed by atoms with van der Waals surface area (Å²) in [5.74, 6) is 0.733. The van der Waals surface area contributed by atoms with Gasteiger partial charge in [0, 0.05) is 16.3 Å². The molecule has 0 saturated carbocycles. The van der Waals surface area contributed by atoms with Crippen LogP contribution >= 0.6 is 0 Å². The van der Waals surface area contributed by atoms with Crippen molar-refractivity contribution in [2.75, 3.05) is 5.73 Å². The fraction of sp³-hybridized carbons (Fsp3) is 0.154. The maximum atomic E-state index is 5.93. The molecule has 0 aliphatic heterocycles. The molecule has 16 heavy (non-hydrogen) atoms. The first-order valence-electron chi connectivity index (χ1n) is 5.37. The Morgan fingerprint density at radius 3 is 2.75 bits per heavy atom. The van der Waals surface area contributed by atoms with E-state index in [1.54, 1.807) is 0 Å². The lowest BCUT2D eigenvalue weighted by Crippen LogP contribution is -2.15. The Morgan fingerprint density at radius 2 is 1.94 bits per heavy atom. The van der Waals surface area contributed by atoms with Crippen molar-refractivity contribution in [2.45, 2.75) is 13.8 Å². The molecule has 0 aliphatic carbocycles. The van der Waals surface area contributed by atoms with Crippen molar-refractivity contribution in [3.8, 4) is 0 Å². The zero-order valence-corrected chi connectivity index (χ0v) is 9.39. The second-order valence-corrected chi connectivity index (χ2v) is 4.21. The van der Waals surface area contributed by atoms with Gasteiger partial charge in [-0.05, 0) is 19.9 Å². The predicted molar refractivity (Wildman–Crippen MR) is 66.2 cm³/mol. The molecule has 0 bridgehead atoms.